The van der Waals surface area contributed by atoms with Crippen LogP contribution in [0, 0.1) is 5.41 Å². The van der Waals surface area contributed by atoms with Crippen molar-refractivity contribution < 1.29 is 0 Å². The highest BCUT2D eigenvalue weighted by Crippen LogP contribution is 2.36. The number of nitrogens with one attached hydrogen (secondary N) is 1. The highest BCUT2D eigenvalue weighted by atomic mass is 15.1. The average molecular weight is 283 g/mol. The van der Waals surface area contributed by atoms with E-state index in [4.69, 9.17) is 0 Å². The third-order valence-electron chi connectivity index (χ3n) is 4.17. The maximum atomic E-state index is 4.32. The monoisotopic (exact) mass is 283 g/mol. The summed E-state index contributed by atoms with van der Waals surface area (Å²) in [6.45, 7) is 7.73. The molecule has 2 aromatic rings. The van der Waals surface area contributed by atoms with Crippen LogP contribution in [-0.4, -0.2) is 9.55 Å². The van der Waals surface area contributed by atoms with E-state index in [2.05, 4.69) is 66.0 Å². The predicted molar refractivity (Wildman–Crippen MR) is 86.0 cm³/mol. The van der Waals surface area contributed by atoms with Gasteiger partial charge in [0.1, 0.15) is 0 Å². The van der Waals surface area contributed by atoms with E-state index in [1.807, 2.05) is 12.5 Å². The van der Waals surface area contributed by atoms with Crippen molar-refractivity contribution in [1.29, 1.82) is 0 Å². The van der Waals surface area contributed by atoms with E-state index >= 15 is 0 Å². The van der Waals surface area contributed by atoms with Crippen LogP contribution in [0.2, 0.25) is 0 Å². The molecule has 0 bridgehead atoms. The van der Waals surface area contributed by atoms with Crippen LogP contribution in [0.4, 0.5) is 0 Å². The molecule has 21 heavy (non-hydrogen) atoms. The van der Waals surface area contributed by atoms with E-state index in [1.165, 1.54) is 24.1 Å². The van der Waals surface area contributed by atoms with Gasteiger partial charge >= 0.3 is 0 Å². The van der Waals surface area contributed by atoms with Crippen LogP contribution in [0.1, 0.15) is 57.0 Å². The summed E-state index contributed by atoms with van der Waals surface area (Å²) in [5.74, 6) is 0. The average Bonchev–Trinajstić information content (AvgIpc) is 3.18. The van der Waals surface area contributed by atoms with E-state index in [0.717, 1.165) is 6.54 Å². The van der Waals surface area contributed by atoms with Crippen LogP contribution in [0.5, 0.6) is 0 Å². The molecular weight excluding hydrogens is 258 g/mol. The van der Waals surface area contributed by atoms with Gasteiger partial charge in [-0.2, -0.15) is 0 Å². The molecule has 1 aromatic heterocycles. The Hall–Kier alpha value is -1.61. The molecule has 0 aliphatic heterocycles. The van der Waals surface area contributed by atoms with Crippen molar-refractivity contribution >= 4 is 0 Å². The fraction of sp³-hybridized carbons (Fsp3) is 0.500. The van der Waals surface area contributed by atoms with Crippen molar-refractivity contribution in [3.8, 4) is 0 Å². The minimum atomic E-state index is 0.172. The van der Waals surface area contributed by atoms with E-state index in [0.29, 0.717) is 12.1 Å². The first-order valence-electron chi connectivity index (χ1n) is 7.85. The van der Waals surface area contributed by atoms with Crippen molar-refractivity contribution in [1.82, 2.24) is 14.9 Å². The summed E-state index contributed by atoms with van der Waals surface area (Å²) >= 11 is 0. The molecular formula is C18H25N3. The van der Waals surface area contributed by atoms with Gasteiger partial charge in [-0.3, -0.25) is 0 Å². The highest BCUT2D eigenvalue weighted by Gasteiger charge is 2.28. The number of hydrogen-bond donors (Lipinski definition) is 1. The Morgan fingerprint density at radius 2 is 1.95 bits per heavy atom. The number of aromatic nitrogens is 2. The van der Waals surface area contributed by atoms with Gasteiger partial charge in [0.25, 0.3) is 0 Å². The molecule has 0 radical (unpaired) electrons. The second-order valence-corrected chi connectivity index (χ2v) is 7.11. The van der Waals surface area contributed by atoms with Crippen molar-refractivity contribution in [2.75, 3.05) is 0 Å². The molecule has 0 spiro atoms. The second kappa shape index (κ2) is 5.64. The molecule has 1 saturated carbocycles. The van der Waals surface area contributed by atoms with Gasteiger partial charge in [-0.1, -0.05) is 51.1 Å². The Bertz CT molecular complexity index is 576. The van der Waals surface area contributed by atoms with E-state index in [1.54, 1.807) is 0 Å². The summed E-state index contributed by atoms with van der Waals surface area (Å²) in [5.41, 5.74) is 2.82. The SMILES string of the molecule is CC(C)(C)C(NCc1cncn1C1CC1)c1ccccc1. The lowest BCUT2D eigenvalue weighted by atomic mass is 9.82. The zero-order chi connectivity index (χ0) is 14.9. The molecule has 112 valence electrons. The Kier molecular flexibility index (Phi) is 3.85. The molecule has 1 aromatic carbocycles. The number of hydrogen-bond acceptors (Lipinski definition) is 2. The molecule has 0 amide bonds. The summed E-state index contributed by atoms with van der Waals surface area (Å²) in [4.78, 5) is 4.32. The van der Waals surface area contributed by atoms with Crippen LogP contribution in [0.3, 0.4) is 0 Å². The molecule has 1 fully saturated rings. The van der Waals surface area contributed by atoms with Gasteiger partial charge < -0.3 is 9.88 Å². The maximum Gasteiger partial charge on any atom is 0.0951 e. The van der Waals surface area contributed by atoms with Crippen LogP contribution < -0.4 is 5.32 Å². The van der Waals surface area contributed by atoms with Crippen molar-refractivity contribution in [3.63, 3.8) is 0 Å². The lowest BCUT2D eigenvalue weighted by molar-refractivity contribution is 0.269. The molecule has 0 saturated heterocycles. The number of nitrogens with zero attached hydrogens (tertiary/aromatic N) is 2. The van der Waals surface area contributed by atoms with Crippen LogP contribution >= 0.6 is 0 Å². The minimum Gasteiger partial charge on any atom is -0.330 e. The molecule has 1 unspecified atom stereocenters. The van der Waals surface area contributed by atoms with Gasteiger partial charge in [-0.15, -0.1) is 0 Å². The topological polar surface area (TPSA) is 29.9 Å². The van der Waals surface area contributed by atoms with Gasteiger partial charge in [0, 0.05) is 24.8 Å². The van der Waals surface area contributed by atoms with Crippen LogP contribution in [-0.2, 0) is 6.54 Å². The number of imidazole rings is 1. The third kappa shape index (κ3) is 3.35. The lowest BCUT2D eigenvalue weighted by Gasteiger charge is -2.32. The minimum absolute atomic E-state index is 0.172. The van der Waals surface area contributed by atoms with E-state index in [9.17, 15) is 0 Å². The van der Waals surface area contributed by atoms with Crippen LogP contribution in [0.15, 0.2) is 42.9 Å². The Balaban J connectivity index is 1.74. The summed E-state index contributed by atoms with van der Waals surface area (Å²) < 4.78 is 2.33. The lowest BCUT2D eigenvalue weighted by Crippen LogP contribution is -2.32. The second-order valence-electron chi connectivity index (χ2n) is 7.11. The first-order chi connectivity index (χ1) is 10.1. The molecule has 1 aliphatic rings. The molecule has 1 aliphatic carbocycles. The van der Waals surface area contributed by atoms with E-state index < -0.39 is 0 Å². The zero-order valence-electron chi connectivity index (χ0n) is 13.2. The maximum absolute atomic E-state index is 4.32. The van der Waals surface area contributed by atoms with E-state index in [-0.39, 0.29) is 5.41 Å². The standard InChI is InChI=1S/C18H25N3/c1-18(2,3)17(14-7-5-4-6-8-14)20-12-16-11-19-13-21(16)15-9-10-15/h4-8,11,13,15,17,20H,9-10,12H2,1-3H3. The molecule has 3 heteroatoms. The van der Waals surface area contributed by atoms with Gasteiger partial charge in [0.15, 0.2) is 0 Å². The Morgan fingerprint density at radius 3 is 2.57 bits per heavy atom. The van der Waals surface area contributed by atoms with Gasteiger partial charge in [0.2, 0.25) is 0 Å². The van der Waals surface area contributed by atoms with Gasteiger partial charge in [-0.05, 0) is 23.8 Å². The highest BCUT2D eigenvalue weighted by molar-refractivity contribution is 5.21. The fourth-order valence-corrected chi connectivity index (χ4v) is 2.93. The first kappa shape index (κ1) is 14.3. The number of benzene rings is 1. The summed E-state index contributed by atoms with van der Waals surface area (Å²) in [6.07, 6.45) is 6.56. The normalized spacial score (nSPS) is 16.9. The van der Waals surface area contributed by atoms with Gasteiger partial charge in [0.05, 0.1) is 12.0 Å². The smallest absolute Gasteiger partial charge is 0.0951 e. The first-order valence-corrected chi connectivity index (χ1v) is 7.85. The zero-order valence-corrected chi connectivity index (χ0v) is 13.2. The molecule has 1 heterocycles. The molecule has 1 N–H and O–H groups in total. The summed E-state index contributed by atoms with van der Waals surface area (Å²) in [7, 11) is 0. The largest absolute Gasteiger partial charge is 0.330 e. The predicted octanol–water partition coefficient (Wildman–Crippen LogP) is 4.10. The number of rotatable bonds is 5. The quantitative estimate of drug-likeness (QED) is 0.895. The van der Waals surface area contributed by atoms with Crippen molar-refractivity contribution in [2.24, 2.45) is 5.41 Å². The molecule has 3 nitrogen and oxygen atoms in total. The molecule has 1 atom stereocenters. The van der Waals surface area contributed by atoms with Crippen molar-refractivity contribution in [3.05, 3.63) is 54.1 Å². The fourth-order valence-electron chi connectivity index (χ4n) is 2.93. The van der Waals surface area contributed by atoms with Gasteiger partial charge in [-0.25, -0.2) is 4.98 Å². The Labute approximate surface area is 127 Å². The molecule has 3 rings (SSSR count). The Morgan fingerprint density at radius 1 is 1.24 bits per heavy atom. The van der Waals surface area contributed by atoms with Crippen LogP contribution in [0.25, 0.3) is 0 Å². The third-order valence-corrected chi connectivity index (χ3v) is 4.17. The summed E-state index contributed by atoms with van der Waals surface area (Å²) in [6, 6.07) is 11.7. The van der Waals surface area contributed by atoms with Crippen molar-refractivity contribution in [2.45, 2.75) is 52.2 Å². The summed E-state index contributed by atoms with van der Waals surface area (Å²) in [5, 5.41) is 3.74.